The molecule has 1 aromatic heterocycles. The Morgan fingerprint density at radius 3 is 2.30 bits per heavy atom. The van der Waals surface area contributed by atoms with Crippen LogP contribution >= 0.6 is 0 Å². The van der Waals surface area contributed by atoms with Crippen molar-refractivity contribution in [1.82, 2.24) is 9.88 Å². The normalized spacial score (nSPS) is 11.9. The molecule has 3 aromatic rings. The molecule has 7 heteroatoms. The molecule has 0 aliphatic rings. The first-order valence-electron chi connectivity index (χ1n) is 14.4. The maximum Gasteiger partial charge on any atom is 0.338 e. The van der Waals surface area contributed by atoms with E-state index >= 15 is 0 Å². The third-order valence-corrected chi connectivity index (χ3v) is 7.34. The molecule has 0 spiro atoms. The van der Waals surface area contributed by atoms with E-state index in [-0.39, 0.29) is 5.91 Å². The van der Waals surface area contributed by atoms with Gasteiger partial charge in [0.2, 0.25) is 0 Å². The Hall–Kier alpha value is -4.78. The van der Waals surface area contributed by atoms with Crippen molar-refractivity contribution in [1.29, 1.82) is 0 Å². The van der Waals surface area contributed by atoms with Crippen molar-refractivity contribution in [3.63, 3.8) is 0 Å². The highest BCUT2D eigenvalue weighted by Gasteiger charge is 2.22. The van der Waals surface area contributed by atoms with Crippen molar-refractivity contribution in [2.45, 2.75) is 60.2 Å². The van der Waals surface area contributed by atoms with Gasteiger partial charge >= 0.3 is 5.97 Å². The summed E-state index contributed by atoms with van der Waals surface area (Å²) in [7, 11) is 3.19. The maximum absolute atomic E-state index is 13.1. The van der Waals surface area contributed by atoms with E-state index in [0.29, 0.717) is 46.9 Å². The maximum atomic E-state index is 13.1. The molecular formula is C37H44N2O5. The Labute approximate surface area is 261 Å². The highest BCUT2D eigenvalue weighted by atomic mass is 16.6. The number of methoxy groups -OCH3 is 2. The summed E-state index contributed by atoms with van der Waals surface area (Å²) in [5.74, 6) is 0.729. The molecule has 0 radical (unpaired) electrons. The van der Waals surface area contributed by atoms with Gasteiger partial charge in [0.25, 0.3) is 5.91 Å². The molecule has 0 saturated carbocycles. The molecule has 0 atom stereocenters. The molecule has 0 aliphatic heterocycles. The van der Waals surface area contributed by atoms with Gasteiger partial charge in [-0.3, -0.25) is 4.79 Å². The number of nitrogens with zero attached hydrogens (tertiary/aromatic N) is 1. The predicted octanol–water partition coefficient (Wildman–Crippen LogP) is 7.72. The standard InChI is InChI=1S/C37H44N2O5/c1-12-31(36(41)44-37(7,8)9)25(4)24(3)14-13-23(2)22-39-27(6)26(5)32-19-28(16-18-33(32)39)35(40)38-21-29-15-17-30(42-10)20-34(29)43-11/h12-20H,2-4,21-22H2,1,5-11H3,(H,38,40)/b14-13-,31-12+. The number of hydrogen-bond donors (Lipinski definition) is 1. The largest absolute Gasteiger partial charge is 0.497 e. The van der Waals surface area contributed by atoms with E-state index in [1.54, 1.807) is 33.3 Å². The summed E-state index contributed by atoms with van der Waals surface area (Å²) in [6.45, 7) is 24.6. The summed E-state index contributed by atoms with van der Waals surface area (Å²) < 4.78 is 18.4. The van der Waals surface area contributed by atoms with Crippen LogP contribution in [0.2, 0.25) is 0 Å². The highest BCUT2D eigenvalue weighted by Crippen LogP contribution is 2.29. The van der Waals surface area contributed by atoms with Gasteiger partial charge in [-0.15, -0.1) is 0 Å². The molecule has 1 heterocycles. The van der Waals surface area contributed by atoms with Gasteiger partial charge in [0.05, 0.1) is 19.8 Å². The van der Waals surface area contributed by atoms with Crippen LogP contribution in [0.3, 0.4) is 0 Å². The minimum absolute atomic E-state index is 0.174. The van der Waals surface area contributed by atoms with Crippen LogP contribution in [0.4, 0.5) is 0 Å². The number of fused-ring (bicyclic) bond motifs is 1. The quantitative estimate of drug-likeness (QED) is 0.132. The van der Waals surface area contributed by atoms with Crippen LogP contribution in [0.15, 0.2) is 96.7 Å². The first-order valence-corrected chi connectivity index (χ1v) is 14.4. The van der Waals surface area contributed by atoms with E-state index in [1.807, 2.05) is 63.3 Å². The minimum Gasteiger partial charge on any atom is -0.497 e. The van der Waals surface area contributed by atoms with Crippen LogP contribution in [0.25, 0.3) is 10.9 Å². The van der Waals surface area contributed by atoms with E-state index in [0.717, 1.165) is 33.3 Å². The SMILES string of the molecule is C=C(/C=C\C(=C)C(=C)/C(=C\C)C(=O)OC(C)(C)C)Cn1c(C)c(C)c2cc(C(=O)NCc3ccc(OC)cc3OC)ccc21. The summed E-state index contributed by atoms with van der Waals surface area (Å²) in [5, 5.41) is 4.00. The number of aromatic nitrogens is 1. The Morgan fingerprint density at radius 2 is 1.68 bits per heavy atom. The number of amides is 1. The molecule has 0 aliphatic carbocycles. The monoisotopic (exact) mass is 596 g/mol. The van der Waals surface area contributed by atoms with Gasteiger partial charge in [-0.25, -0.2) is 4.79 Å². The molecule has 0 saturated heterocycles. The molecule has 2 aromatic carbocycles. The van der Waals surface area contributed by atoms with Crippen molar-refractivity contribution in [2.75, 3.05) is 14.2 Å². The van der Waals surface area contributed by atoms with Crippen LogP contribution in [0.1, 0.15) is 54.9 Å². The summed E-state index contributed by atoms with van der Waals surface area (Å²) in [5.41, 5.74) is 6.32. The Morgan fingerprint density at radius 1 is 0.977 bits per heavy atom. The molecule has 232 valence electrons. The van der Waals surface area contributed by atoms with Gasteiger partial charge in [0.1, 0.15) is 17.1 Å². The number of hydrogen-bond acceptors (Lipinski definition) is 5. The molecule has 7 nitrogen and oxygen atoms in total. The molecule has 0 unspecified atom stereocenters. The number of aryl methyl sites for hydroxylation is 1. The van der Waals surface area contributed by atoms with E-state index in [1.165, 1.54) is 0 Å². The zero-order chi connectivity index (χ0) is 32.8. The molecule has 0 fully saturated rings. The smallest absolute Gasteiger partial charge is 0.338 e. The Kier molecular flexibility index (Phi) is 10.8. The van der Waals surface area contributed by atoms with Crippen LogP contribution in [0, 0.1) is 13.8 Å². The lowest BCUT2D eigenvalue weighted by Gasteiger charge is -2.21. The van der Waals surface area contributed by atoms with Crippen molar-refractivity contribution >= 4 is 22.8 Å². The molecule has 0 bridgehead atoms. The number of carbonyl (C=O) groups excluding carboxylic acids is 2. The number of nitrogens with one attached hydrogen (secondary N) is 1. The van der Waals surface area contributed by atoms with Gasteiger partial charge in [0, 0.05) is 46.9 Å². The highest BCUT2D eigenvalue weighted by molar-refractivity contribution is 5.99. The molecule has 1 N–H and O–H groups in total. The molecular weight excluding hydrogens is 552 g/mol. The third kappa shape index (κ3) is 7.98. The number of ether oxygens (including phenoxy) is 3. The van der Waals surface area contributed by atoms with Crippen molar-refractivity contribution in [2.24, 2.45) is 0 Å². The average Bonchev–Trinajstić information content (AvgIpc) is 3.21. The molecule has 1 amide bonds. The topological polar surface area (TPSA) is 78.8 Å². The van der Waals surface area contributed by atoms with Gasteiger partial charge in [-0.1, -0.05) is 38.0 Å². The lowest BCUT2D eigenvalue weighted by atomic mass is 9.99. The van der Waals surface area contributed by atoms with Gasteiger partial charge in [0.15, 0.2) is 0 Å². The first kappa shape index (κ1) is 33.7. The van der Waals surface area contributed by atoms with E-state index < -0.39 is 11.6 Å². The molecule has 3 rings (SSSR count). The Balaban J connectivity index is 1.73. The van der Waals surface area contributed by atoms with Crippen LogP contribution in [-0.4, -0.2) is 36.3 Å². The number of rotatable bonds is 12. The second-order valence-electron chi connectivity index (χ2n) is 11.6. The fraction of sp³-hybridized carbons (Fsp3) is 0.297. The second-order valence-corrected chi connectivity index (χ2v) is 11.6. The number of benzene rings is 2. The fourth-order valence-electron chi connectivity index (χ4n) is 4.77. The zero-order valence-corrected chi connectivity index (χ0v) is 27.2. The lowest BCUT2D eigenvalue weighted by Crippen LogP contribution is -2.25. The minimum atomic E-state index is -0.609. The number of esters is 1. The average molecular weight is 597 g/mol. The van der Waals surface area contributed by atoms with Crippen LogP contribution in [-0.2, 0) is 22.6 Å². The van der Waals surface area contributed by atoms with E-state index in [9.17, 15) is 9.59 Å². The first-order chi connectivity index (χ1) is 20.7. The summed E-state index contributed by atoms with van der Waals surface area (Å²) in [4.78, 5) is 25.7. The summed E-state index contributed by atoms with van der Waals surface area (Å²) in [6.07, 6.45) is 5.38. The second kappa shape index (κ2) is 14.1. The van der Waals surface area contributed by atoms with Crippen LogP contribution in [0.5, 0.6) is 11.5 Å². The summed E-state index contributed by atoms with van der Waals surface area (Å²) in [6, 6.07) is 11.2. The fourth-order valence-corrected chi connectivity index (χ4v) is 4.77. The number of carbonyl (C=O) groups is 2. The molecule has 44 heavy (non-hydrogen) atoms. The van der Waals surface area contributed by atoms with Crippen molar-refractivity contribution in [3.8, 4) is 11.5 Å². The lowest BCUT2D eigenvalue weighted by molar-refractivity contribution is -0.149. The van der Waals surface area contributed by atoms with Gasteiger partial charge in [-0.2, -0.15) is 0 Å². The Bertz CT molecular complexity index is 1680. The van der Waals surface area contributed by atoms with Crippen molar-refractivity contribution < 1.29 is 23.8 Å². The number of allylic oxidation sites excluding steroid dienone is 5. The van der Waals surface area contributed by atoms with Crippen molar-refractivity contribution in [3.05, 3.63) is 119 Å². The summed E-state index contributed by atoms with van der Waals surface area (Å²) >= 11 is 0. The zero-order valence-electron chi connectivity index (χ0n) is 27.2. The predicted molar refractivity (Wildman–Crippen MR) is 178 cm³/mol. The van der Waals surface area contributed by atoms with E-state index in [2.05, 4.69) is 43.5 Å². The van der Waals surface area contributed by atoms with E-state index in [4.69, 9.17) is 14.2 Å². The van der Waals surface area contributed by atoms with Crippen LogP contribution < -0.4 is 14.8 Å². The van der Waals surface area contributed by atoms with Gasteiger partial charge in [-0.05, 0) is 94.2 Å². The third-order valence-electron chi connectivity index (χ3n) is 7.34. The van der Waals surface area contributed by atoms with Gasteiger partial charge < -0.3 is 24.1 Å².